The van der Waals surface area contributed by atoms with Crippen LogP contribution in [-0.4, -0.2) is 12.5 Å². The van der Waals surface area contributed by atoms with Crippen LogP contribution in [0.2, 0.25) is 10.0 Å². The fourth-order valence-electron chi connectivity index (χ4n) is 2.19. The number of hydrogen-bond acceptors (Lipinski definition) is 2. The van der Waals surface area contributed by atoms with Crippen molar-refractivity contribution in [2.45, 2.75) is 0 Å². The highest BCUT2D eigenvalue weighted by Crippen LogP contribution is 2.25. The zero-order chi connectivity index (χ0) is 16.2. The number of carbonyl (C=O) groups excluding carboxylic acids is 1. The molecule has 0 aliphatic carbocycles. The van der Waals surface area contributed by atoms with Gasteiger partial charge in [-0.3, -0.25) is 4.79 Å². The van der Waals surface area contributed by atoms with Gasteiger partial charge >= 0.3 is 0 Å². The zero-order valence-corrected chi connectivity index (χ0v) is 13.6. The van der Waals surface area contributed by atoms with Crippen molar-refractivity contribution in [3.63, 3.8) is 0 Å². The third kappa shape index (κ3) is 3.95. The standard InChI is InChI=1S/C18H13Cl2NO2/c19-14-6-8-16(20)17(10-14)21-18(22)11-23-15-7-5-12-3-1-2-4-13(12)9-15/h1-10H,11H2,(H,21,22). The van der Waals surface area contributed by atoms with Gasteiger partial charge in [0, 0.05) is 5.02 Å². The van der Waals surface area contributed by atoms with Crippen LogP contribution in [0, 0.1) is 0 Å². The van der Waals surface area contributed by atoms with Crippen LogP contribution in [0.1, 0.15) is 0 Å². The number of anilines is 1. The lowest BCUT2D eigenvalue weighted by molar-refractivity contribution is -0.118. The Morgan fingerprint density at radius 2 is 1.74 bits per heavy atom. The highest BCUT2D eigenvalue weighted by Gasteiger charge is 2.08. The minimum absolute atomic E-state index is 0.110. The summed E-state index contributed by atoms with van der Waals surface area (Å²) in [5, 5.41) is 5.78. The van der Waals surface area contributed by atoms with E-state index in [0.717, 1.165) is 10.8 Å². The Bertz CT molecular complexity index is 865. The number of amides is 1. The van der Waals surface area contributed by atoms with E-state index in [2.05, 4.69) is 5.32 Å². The van der Waals surface area contributed by atoms with Crippen molar-refractivity contribution >= 4 is 45.6 Å². The molecule has 0 saturated carbocycles. The van der Waals surface area contributed by atoms with E-state index in [1.165, 1.54) is 0 Å². The van der Waals surface area contributed by atoms with Crippen molar-refractivity contribution in [2.24, 2.45) is 0 Å². The molecule has 23 heavy (non-hydrogen) atoms. The first-order chi connectivity index (χ1) is 11.1. The van der Waals surface area contributed by atoms with Crippen LogP contribution in [0.4, 0.5) is 5.69 Å². The van der Waals surface area contributed by atoms with E-state index in [1.54, 1.807) is 18.2 Å². The molecule has 0 aliphatic heterocycles. The number of benzene rings is 3. The highest BCUT2D eigenvalue weighted by atomic mass is 35.5. The van der Waals surface area contributed by atoms with Crippen molar-refractivity contribution in [3.05, 3.63) is 70.7 Å². The summed E-state index contributed by atoms with van der Waals surface area (Å²) in [5.41, 5.74) is 0.464. The minimum atomic E-state index is -0.303. The van der Waals surface area contributed by atoms with E-state index in [1.807, 2.05) is 42.5 Å². The van der Waals surface area contributed by atoms with Crippen LogP contribution in [0.15, 0.2) is 60.7 Å². The van der Waals surface area contributed by atoms with Crippen LogP contribution in [0.5, 0.6) is 5.75 Å². The molecule has 0 spiro atoms. The van der Waals surface area contributed by atoms with Gasteiger partial charge < -0.3 is 10.1 Å². The molecule has 3 rings (SSSR count). The summed E-state index contributed by atoms with van der Waals surface area (Å²) in [6.45, 7) is -0.110. The molecule has 0 radical (unpaired) electrons. The molecule has 0 bridgehead atoms. The van der Waals surface area contributed by atoms with Gasteiger partial charge in [0.05, 0.1) is 10.7 Å². The Balaban J connectivity index is 1.64. The van der Waals surface area contributed by atoms with E-state index in [-0.39, 0.29) is 12.5 Å². The maximum atomic E-state index is 12.0. The fraction of sp³-hybridized carbons (Fsp3) is 0.0556. The average molecular weight is 346 g/mol. The SMILES string of the molecule is O=C(COc1ccc2ccccc2c1)Nc1cc(Cl)ccc1Cl. The van der Waals surface area contributed by atoms with Gasteiger partial charge in [-0.1, -0.05) is 53.5 Å². The molecule has 0 aromatic heterocycles. The number of nitrogens with one attached hydrogen (secondary N) is 1. The molecule has 3 aromatic carbocycles. The quantitative estimate of drug-likeness (QED) is 0.708. The van der Waals surface area contributed by atoms with Gasteiger partial charge in [-0.15, -0.1) is 0 Å². The number of rotatable bonds is 4. The Hall–Kier alpha value is -2.23. The monoisotopic (exact) mass is 345 g/mol. The topological polar surface area (TPSA) is 38.3 Å². The van der Waals surface area contributed by atoms with Crippen molar-refractivity contribution in [1.82, 2.24) is 0 Å². The van der Waals surface area contributed by atoms with Crippen LogP contribution in [0.25, 0.3) is 10.8 Å². The van der Waals surface area contributed by atoms with Crippen LogP contribution < -0.4 is 10.1 Å². The summed E-state index contributed by atoms with van der Waals surface area (Å²) in [4.78, 5) is 12.0. The lowest BCUT2D eigenvalue weighted by Crippen LogP contribution is -2.20. The first-order valence-electron chi connectivity index (χ1n) is 6.98. The minimum Gasteiger partial charge on any atom is -0.484 e. The van der Waals surface area contributed by atoms with Crippen molar-refractivity contribution < 1.29 is 9.53 Å². The Kier molecular flexibility index (Phi) is 4.70. The van der Waals surface area contributed by atoms with Crippen LogP contribution in [0.3, 0.4) is 0 Å². The predicted octanol–water partition coefficient (Wildman–Crippen LogP) is 5.16. The normalized spacial score (nSPS) is 10.5. The molecule has 0 atom stereocenters. The molecule has 5 heteroatoms. The van der Waals surface area contributed by atoms with Crippen molar-refractivity contribution in [3.8, 4) is 5.75 Å². The average Bonchev–Trinajstić information content (AvgIpc) is 2.56. The van der Waals surface area contributed by atoms with Gasteiger partial charge in [0.2, 0.25) is 0 Å². The third-order valence-corrected chi connectivity index (χ3v) is 3.86. The first-order valence-corrected chi connectivity index (χ1v) is 7.74. The van der Waals surface area contributed by atoms with Gasteiger partial charge in [-0.25, -0.2) is 0 Å². The molecular formula is C18H13Cl2NO2. The Labute approximate surface area is 143 Å². The second-order valence-electron chi connectivity index (χ2n) is 4.97. The summed E-state index contributed by atoms with van der Waals surface area (Å²) in [7, 11) is 0. The highest BCUT2D eigenvalue weighted by molar-refractivity contribution is 6.35. The molecule has 0 fully saturated rings. The van der Waals surface area contributed by atoms with E-state index < -0.39 is 0 Å². The summed E-state index contributed by atoms with van der Waals surface area (Å²) in [6.07, 6.45) is 0. The lowest BCUT2D eigenvalue weighted by Gasteiger charge is -2.09. The Morgan fingerprint density at radius 3 is 2.57 bits per heavy atom. The molecule has 1 N–H and O–H groups in total. The number of hydrogen-bond donors (Lipinski definition) is 1. The molecule has 0 unspecified atom stereocenters. The number of fused-ring (bicyclic) bond motifs is 1. The molecular weight excluding hydrogens is 333 g/mol. The molecule has 0 heterocycles. The largest absolute Gasteiger partial charge is 0.484 e. The number of carbonyl (C=O) groups is 1. The van der Waals surface area contributed by atoms with Gasteiger partial charge in [0.25, 0.3) is 5.91 Å². The number of halogens is 2. The zero-order valence-electron chi connectivity index (χ0n) is 12.1. The summed E-state index contributed by atoms with van der Waals surface area (Å²) in [5.74, 6) is 0.332. The molecule has 3 aromatic rings. The molecule has 3 nitrogen and oxygen atoms in total. The summed E-state index contributed by atoms with van der Waals surface area (Å²) < 4.78 is 5.53. The maximum absolute atomic E-state index is 12.0. The van der Waals surface area contributed by atoms with Crippen LogP contribution in [-0.2, 0) is 4.79 Å². The molecule has 0 saturated heterocycles. The van der Waals surface area contributed by atoms with Crippen molar-refractivity contribution in [1.29, 1.82) is 0 Å². The van der Waals surface area contributed by atoms with Crippen molar-refractivity contribution in [2.75, 3.05) is 11.9 Å². The fourth-order valence-corrected chi connectivity index (χ4v) is 2.52. The second-order valence-corrected chi connectivity index (χ2v) is 5.81. The smallest absolute Gasteiger partial charge is 0.262 e. The summed E-state index contributed by atoms with van der Waals surface area (Å²) >= 11 is 11.9. The maximum Gasteiger partial charge on any atom is 0.262 e. The predicted molar refractivity (Wildman–Crippen MR) is 94.5 cm³/mol. The number of ether oxygens (including phenoxy) is 1. The second kappa shape index (κ2) is 6.90. The first kappa shape index (κ1) is 15.7. The third-order valence-electron chi connectivity index (χ3n) is 3.29. The Morgan fingerprint density at radius 1 is 0.957 bits per heavy atom. The van der Waals surface area contributed by atoms with E-state index in [9.17, 15) is 4.79 Å². The van der Waals surface area contributed by atoms with Gasteiger partial charge in [0.1, 0.15) is 5.75 Å². The van der Waals surface area contributed by atoms with Gasteiger partial charge in [-0.05, 0) is 41.1 Å². The van der Waals surface area contributed by atoms with Crippen LogP contribution >= 0.6 is 23.2 Å². The molecule has 116 valence electrons. The summed E-state index contributed by atoms with van der Waals surface area (Å²) in [6, 6.07) is 18.5. The van der Waals surface area contributed by atoms with E-state index in [0.29, 0.717) is 21.5 Å². The van der Waals surface area contributed by atoms with Gasteiger partial charge in [0.15, 0.2) is 6.61 Å². The van der Waals surface area contributed by atoms with E-state index in [4.69, 9.17) is 27.9 Å². The lowest BCUT2D eigenvalue weighted by atomic mass is 10.1. The molecule has 1 amide bonds. The molecule has 0 aliphatic rings. The van der Waals surface area contributed by atoms with Gasteiger partial charge in [-0.2, -0.15) is 0 Å². The van der Waals surface area contributed by atoms with E-state index >= 15 is 0 Å².